The summed E-state index contributed by atoms with van der Waals surface area (Å²) >= 11 is 0. The maximum absolute atomic E-state index is 12.8. The Morgan fingerprint density at radius 1 is 1.35 bits per heavy atom. The highest BCUT2D eigenvalue weighted by Crippen LogP contribution is 2.27. The van der Waals surface area contributed by atoms with Crippen LogP contribution in [0.5, 0.6) is 0 Å². The maximum Gasteiger partial charge on any atom is 0.268 e. The number of amides is 3. The van der Waals surface area contributed by atoms with E-state index in [-0.39, 0.29) is 30.2 Å². The molecule has 3 N–H and O–H groups in total. The van der Waals surface area contributed by atoms with Gasteiger partial charge in [-0.1, -0.05) is 0 Å². The molecule has 1 aromatic heterocycles. The number of aliphatic hydroxyl groups excluding tert-OH is 1. The maximum atomic E-state index is 12.8. The highest BCUT2D eigenvalue weighted by molar-refractivity contribution is 5.93. The van der Waals surface area contributed by atoms with E-state index in [1.807, 2.05) is 0 Å². The van der Waals surface area contributed by atoms with Gasteiger partial charge in [-0.25, -0.2) is 0 Å². The molecule has 1 saturated carbocycles. The zero-order valence-corrected chi connectivity index (χ0v) is 15.0. The Labute approximate surface area is 152 Å². The van der Waals surface area contributed by atoms with Crippen LogP contribution in [-0.4, -0.2) is 64.1 Å². The molecule has 8 nitrogen and oxygen atoms in total. The Balaban J connectivity index is 1.63. The number of carbonyl (C=O) groups excluding carboxylic acids is 3. The van der Waals surface area contributed by atoms with Gasteiger partial charge in [0.2, 0.25) is 11.8 Å². The van der Waals surface area contributed by atoms with Crippen molar-refractivity contribution < 1.29 is 19.5 Å². The van der Waals surface area contributed by atoms with E-state index in [1.54, 1.807) is 34.8 Å². The first-order valence-corrected chi connectivity index (χ1v) is 9.11. The lowest BCUT2D eigenvalue weighted by Gasteiger charge is -2.35. The number of carbonyl (C=O) groups is 3. The molecule has 0 aromatic carbocycles. The summed E-state index contributed by atoms with van der Waals surface area (Å²) in [6, 6.07) is 3.02. The van der Waals surface area contributed by atoms with Crippen LogP contribution in [0.15, 0.2) is 18.3 Å². The molecule has 0 radical (unpaired) electrons. The molecule has 1 aliphatic carbocycles. The lowest BCUT2D eigenvalue weighted by molar-refractivity contribution is -0.140. The summed E-state index contributed by atoms with van der Waals surface area (Å²) in [6.07, 6.45) is 3.25. The second kappa shape index (κ2) is 7.90. The van der Waals surface area contributed by atoms with Crippen molar-refractivity contribution in [3.63, 3.8) is 0 Å². The molecule has 142 valence electrons. The number of aromatic nitrogens is 1. The first-order valence-electron chi connectivity index (χ1n) is 9.11. The van der Waals surface area contributed by atoms with Crippen LogP contribution in [0.25, 0.3) is 0 Å². The van der Waals surface area contributed by atoms with Gasteiger partial charge in [-0.2, -0.15) is 0 Å². The van der Waals surface area contributed by atoms with Crippen LogP contribution >= 0.6 is 0 Å². The molecule has 26 heavy (non-hydrogen) atoms. The molecule has 0 bridgehead atoms. The largest absolute Gasteiger partial charge is 0.391 e. The van der Waals surface area contributed by atoms with Crippen molar-refractivity contribution in [3.8, 4) is 0 Å². The summed E-state index contributed by atoms with van der Waals surface area (Å²) < 4.78 is 1.71. The summed E-state index contributed by atoms with van der Waals surface area (Å²) in [5.74, 6) is -0.751. The molecule has 3 atom stereocenters. The van der Waals surface area contributed by atoms with Crippen molar-refractivity contribution >= 4 is 17.7 Å². The standard InChI is InChI=1S/C18H26N4O4/c1-21-8-2-4-14(21)17(25)20-13-10-12(5-6-15(13)23)18(26)22-9-3-7-19-16(24)11-22/h2,4,8,12-13,15,23H,3,5-7,9-11H2,1H3,(H,19,24)(H,20,25)/t12-,13+,15+/m0/s1. The molecule has 1 saturated heterocycles. The minimum Gasteiger partial charge on any atom is -0.391 e. The quantitative estimate of drug-likeness (QED) is 0.683. The van der Waals surface area contributed by atoms with E-state index in [9.17, 15) is 19.5 Å². The topological polar surface area (TPSA) is 104 Å². The van der Waals surface area contributed by atoms with Gasteiger partial charge in [0, 0.05) is 32.3 Å². The zero-order chi connectivity index (χ0) is 18.7. The van der Waals surface area contributed by atoms with Crippen molar-refractivity contribution in [2.24, 2.45) is 13.0 Å². The van der Waals surface area contributed by atoms with Crippen molar-refractivity contribution in [2.75, 3.05) is 19.6 Å². The summed E-state index contributed by atoms with van der Waals surface area (Å²) in [7, 11) is 1.78. The Kier molecular flexibility index (Phi) is 5.61. The molecule has 3 rings (SSSR count). The molecule has 1 aromatic rings. The van der Waals surface area contributed by atoms with Gasteiger partial charge >= 0.3 is 0 Å². The van der Waals surface area contributed by atoms with E-state index >= 15 is 0 Å². The van der Waals surface area contributed by atoms with Gasteiger partial charge in [0.15, 0.2) is 0 Å². The molecule has 2 fully saturated rings. The normalized spacial score (nSPS) is 26.8. The number of nitrogens with zero attached hydrogens (tertiary/aromatic N) is 2. The van der Waals surface area contributed by atoms with E-state index in [0.29, 0.717) is 38.0 Å². The van der Waals surface area contributed by atoms with E-state index in [4.69, 9.17) is 0 Å². The molecular weight excluding hydrogens is 336 g/mol. The van der Waals surface area contributed by atoms with Crippen LogP contribution in [0.1, 0.15) is 36.2 Å². The number of hydrogen-bond acceptors (Lipinski definition) is 4. The van der Waals surface area contributed by atoms with Crippen molar-refractivity contribution in [1.82, 2.24) is 20.1 Å². The molecule has 8 heteroatoms. The molecule has 3 amide bonds. The number of nitrogens with one attached hydrogen (secondary N) is 2. The minimum absolute atomic E-state index is 0.0629. The van der Waals surface area contributed by atoms with E-state index in [2.05, 4.69) is 10.6 Å². The summed E-state index contributed by atoms with van der Waals surface area (Å²) in [6.45, 7) is 1.22. The third kappa shape index (κ3) is 4.07. The molecule has 2 heterocycles. The molecule has 0 spiro atoms. The van der Waals surface area contributed by atoms with Gasteiger partial charge in [-0.3, -0.25) is 14.4 Å². The van der Waals surface area contributed by atoms with Crippen LogP contribution in [-0.2, 0) is 16.6 Å². The predicted molar refractivity (Wildman–Crippen MR) is 94.2 cm³/mol. The Hall–Kier alpha value is -2.35. The van der Waals surface area contributed by atoms with Crippen LogP contribution in [0.3, 0.4) is 0 Å². The fourth-order valence-corrected chi connectivity index (χ4v) is 3.73. The molecule has 0 unspecified atom stereocenters. The Morgan fingerprint density at radius 3 is 2.88 bits per heavy atom. The molecule has 1 aliphatic heterocycles. The number of aliphatic hydroxyl groups is 1. The van der Waals surface area contributed by atoms with E-state index in [1.165, 1.54) is 0 Å². The van der Waals surface area contributed by atoms with Gasteiger partial charge in [-0.15, -0.1) is 0 Å². The second-order valence-electron chi connectivity index (χ2n) is 7.12. The summed E-state index contributed by atoms with van der Waals surface area (Å²) in [5.41, 5.74) is 0.509. The van der Waals surface area contributed by atoms with Crippen LogP contribution in [0, 0.1) is 5.92 Å². The first-order chi connectivity index (χ1) is 12.5. The van der Waals surface area contributed by atoms with Crippen LogP contribution < -0.4 is 10.6 Å². The van der Waals surface area contributed by atoms with Crippen molar-refractivity contribution in [3.05, 3.63) is 24.0 Å². The first kappa shape index (κ1) is 18.4. The average Bonchev–Trinajstić information content (AvgIpc) is 2.92. The monoisotopic (exact) mass is 362 g/mol. The summed E-state index contributed by atoms with van der Waals surface area (Å²) in [5, 5.41) is 15.9. The lowest BCUT2D eigenvalue weighted by Crippen LogP contribution is -2.50. The number of rotatable bonds is 3. The minimum atomic E-state index is -0.671. The van der Waals surface area contributed by atoms with Crippen molar-refractivity contribution in [2.45, 2.75) is 37.8 Å². The highest BCUT2D eigenvalue weighted by atomic mass is 16.3. The molecular formula is C18H26N4O4. The van der Waals surface area contributed by atoms with Crippen LogP contribution in [0.4, 0.5) is 0 Å². The van der Waals surface area contributed by atoms with E-state index in [0.717, 1.165) is 6.42 Å². The van der Waals surface area contributed by atoms with Gasteiger partial charge in [0.05, 0.1) is 18.7 Å². The van der Waals surface area contributed by atoms with Gasteiger partial charge < -0.3 is 25.2 Å². The molecule has 2 aliphatic rings. The third-order valence-electron chi connectivity index (χ3n) is 5.23. The van der Waals surface area contributed by atoms with Gasteiger partial charge in [-0.05, 0) is 37.8 Å². The van der Waals surface area contributed by atoms with E-state index < -0.39 is 12.1 Å². The zero-order valence-electron chi connectivity index (χ0n) is 15.0. The average molecular weight is 362 g/mol. The fraction of sp³-hybridized carbons (Fsp3) is 0.611. The predicted octanol–water partition coefficient (Wildman–Crippen LogP) is -0.367. The smallest absolute Gasteiger partial charge is 0.268 e. The van der Waals surface area contributed by atoms with Crippen LogP contribution in [0.2, 0.25) is 0 Å². The second-order valence-corrected chi connectivity index (χ2v) is 7.12. The van der Waals surface area contributed by atoms with Gasteiger partial charge in [0.25, 0.3) is 5.91 Å². The lowest BCUT2D eigenvalue weighted by atomic mass is 9.82. The Morgan fingerprint density at radius 2 is 2.15 bits per heavy atom. The highest BCUT2D eigenvalue weighted by Gasteiger charge is 2.36. The number of aryl methyl sites for hydroxylation is 1. The van der Waals surface area contributed by atoms with Gasteiger partial charge in [0.1, 0.15) is 5.69 Å². The van der Waals surface area contributed by atoms with Crippen molar-refractivity contribution in [1.29, 1.82) is 0 Å². The fourth-order valence-electron chi connectivity index (χ4n) is 3.73. The third-order valence-corrected chi connectivity index (χ3v) is 5.23. The summed E-state index contributed by atoms with van der Waals surface area (Å²) in [4.78, 5) is 38.5. The SMILES string of the molecule is Cn1cccc1C(=O)N[C@@H]1C[C@@H](C(=O)N2CCCNC(=O)C2)CC[C@H]1O. The Bertz CT molecular complexity index is 686. The number of hydrogen-bond donors (Lipinski definition) is 3.